The monoisotopic (exact) mass is 255 g/mol. The van der Waals surface area contributed by atoms with E-state index in [1.807, 2.05) is 6.07 Å². The van der Waals surface area contributed by atoms with Gasteiger partial charge in [0.25, 0.3) is 0 Å². The van der Waals surface area contributed by atoms with Crippen molar-refractivity contribution in [2.24, 2.45) is 0 Å². The van der Waals surface area contributed by atoms with Crippen LogP contribution in [0.15, 0.2) is 30.3 Å². The molecule has 1 aliphatic rings. The van der Waals surface area contributed by atoms with E-state index in [2.05, 4.69) is 4.72 Å². The van der Waals surface area contributed by atoms with Gasteiger partial charge in [0.1, 0.15) is 6.04 Å². The number of nitrogens with one attached hydrogen (secondary N) is 1. The molecule has 0 spiro atoms. The minimum absolute atomic E-state index is 0.127. The Bertz CT molecular complexity index is 497. The lowest BCUT2D eigenvalue weighted by Gasteiger charge is -2.09. The van der Waals surface area contributed by atoms with Gasteiger partial charge in [0.2, 0.25) is 10.0 Å². The predicted molar refractivity (Wildman–Crippen MR) is 61.6 cm³/mol. The van der Waals surface area contributed by atoms with Crippen LogP contribution < -0.4 is 4.72 Å². The molecule has 1 unspecified atom stereocenters. The molecule has 17 heavy (non-hydrogen) atoms. The highest BCUT2D eigenvalue weighted by atomic mass is 32.2. The van der Waals surface area contributed by atoms with Gasteiger partial charge in [-0.05, 0) is 5.56 Å². The summed E-state index contributed by atoms with van der Waals surface area (Å²) < 4.78 is 30.6. The zero-order valence-corrected chi connectivity index (χ0v) is 9.94. The molecule has 1 aromatic rings. The zero-order chi connectivity index (χ0) is 12.3. The highest BCUT2D eigenvalue weighted by Crippen LogP contribution is 2.10. The molecule has 1 N–H and O–H groups in total. The maximum atomic E-state index is 11.8. The van der Waals surface area contributed by atoms with Crippen LogP contribution in [0.3, 0.4) is 0 Å². The molecular formula is C11H13NO4S. The summed E-state index contributed by atoms with van der Waals surface area (Å²) in [5.41, 5.74) is 0.686. The highest BCUT2D eigenvalue weighted by molar-refractivity contribution is 7.88. The van der Waals surface area contributed by atoms with Crippen LogP contribution >= 0.6 is 0 Å². The Morgan fingerprint density at radius 2 is 2.00 bits per heavy atom. The molecule has 0 amide bonds. The molecule has 0 saturated carbocycles. The third-order valence-electron chi connectivity index (χ3n) is 2.46. The van der Waals surface area contributed by atoms with Crippen LogP contribution in [0, 0.1) is 0 Å². The molecule has 92 valence electrons. The molecule has 1 atom stereocenters. The van der Waals surface area contributed by atoms with E-state index in [-0.39, 0.29) is 12.4 Å². The van der Waals surface area contributed by atoms with Crippen LogP contribution in [0.25, 0.3) is 0 Å². The second-order valence-electron chi connectivity index (χ2n) is 3.87. The summed E-state index contributed by atoms with van der Waals surface area (Å²) in [5.74, 6) is -0.626. The van der Waals surface area contributed by atoms with Gasteiger partial charge in [-0.2, -0.15) is 0 Å². The minimum Gasteiger partial charge on any atom is -0.464 e. The van der Waals surface area contributed by atoms with E-state index in [0.29, 0.717) is 12.0 Å². The number of sulfonamides is 1. The quantitative estimate of drug-likeness (QED) is 0.791. The van der Waals surface area contributed by atoms with E-state index in [0.717, 1.165) is 0 Å². The average Bonchev–Trinajstić information content (AvgIpc) is 2.64. The Labute approximate surface area is 99.8 Å². The molecule has 2 rings (SSSR count). The third kappa shape index (κ3) is 3.28. The first-order chi connectivity index (χ1) is 8.07. The lowest BCUT2D eigenvalue weighted by molar-refractivity contribution is -0.139. The van der Waals surface area contributed by atoms with Crippen molar-refractivity contribution in [1.29, 1.82) is 0 Å². The summed E-state index contributed by atoms with van der Waals surface area (Å²) in [6, 6.07) is 8.09. The number of benzene rings is 1. The van der Waals surface area contributed by atoms with Crippen LogP contribution in [-0.2, 0) is 25.3 Å². The fraction of sp³-hybridized carbons (Fsp3) is 0.364. The van der Waals surface area contributed by atoms with Crippen molar-refractivity contribution in [1.82, 2.24) is 4.72 Å². The number of ether oxygens (including phenoxy) is 1. The molecule has 0 aliphatic carbocycles. The van der Waals surface area contributed by atoms with Gasteiger partial charge in [-0.1, -0.05) is 30.3 Å². The molecule has 6 heteroatoms. The zero-order valence-electron chi connectivity index (χ0n) is 9.13. The first-order valence-corrected chi connectivity index (χ1v) is 6.93. The second-order valence-corrected chi connectivity index (χ2v) is 5.63. The summed E-state index contributed by atoms with van der Waals surface area (Å²) >= 11 is 0. The maximum Gasteiger partial charge on any atom is 0.324 e. The number of hydrogen-bond acceptors (Lipinski definition) is 4. The van der Waals surface area contributed by atoms with Crippen molar-refractivity contribution in [3.8, 4) is 0 Å². The van der Waals surface area contributed by atoms with Gasteiger partial charge >= 0.3 is 5.97 Å². The topological polar surface area (TPSA) is 72.5 Å². The van der Waals surface area contributed by atoms with Gasteiger partial charge in [-0.15, -0.1) is 0 Å². The average molecular weight is 255 g/mol. The van der Waals surface area contributed by atoms with E-state index in [1.165, 1.54) is 0 Å². The standard InChI is InChI=1S/C11H13NO4S/c13-11-10(6-7-16-11)12-17(14,15)8-9-4-2-1-3-5-9/h1-5,10,12H,6-8H2. The summed E-state index contributed by atoms with van der Waals surface area (Å²) in [5, 5.41) is 0. The fourth-order valence-electron chi connectivity index (χ4n) is 1.65. The summed E-state index contributed by atoms with van der Waals surface area (Å²) in [7, 11) is -3.50. The van der Waals surface area contributed by atoms with Crippen molar-refractivity contribution >= 4 is 16.0 Å². The molecule has 1 heterocycles. The molecule has 1 aliphatic heterocycles. The van der Waals surface area contributed by atoms with Gasteiger partial charge < -0.3 is 4.74 Å². The van der Waals surface area contributed by atoms with Crippen LogP contribution in [0.4, 0.5) is 0 Å². The summed E-state index contributed by atoms with van der Waals surface area (Å²) in [6.07, 6.45) is 0.396. The Morgan fingerprint density at radius 1 is 1.29 bits per heavy atom. The summed E-state index contributed by atoms with van der Waals surface area (Å²) in [4.78, 5) is 11.2. The number of cyclic esters (lactones) is 1. The van der Waals surface area contributed by atoms with Crippen molar-refractivity contribution in [2.75, 3.05) is 6.61 Å². The Hall–Kier alpha value is -1.40. The third-order valence-corrected chi connectivity index (χ3v) is 3.81. The molecule has 5 nitrogen and oxygen atoms in total. The number of carbonyl (C=O) groups excluding carboxylic acids is 1. The molecule has 1 aromatic carbocycles. The Balaban J connectivity index is 2.02. The van der Waals surface area contributed by atoms with Crippen molar-refractivity contribution in [3.63, 3.8) is 0 Å². The fourth-order valence-corrected chi connectivity index (χ4v) is 3.02. The van der Waals surface area contributed by atoms with Gasteiger partial charge in [-0.25, -0.2) is 13.1 Å². The Morgan fingerprint density at radius 3 is 2.59 bits per heavy atom. The lowest BCUT2D eigenvalue weighted by Crippen LogP contribution is -2.38. The SMILES string of the molecule is O=C1OCCC1NS(=O)(=O)Cc1ccccc1. The minimum atomic E-state index is -3.50. The number of carbonyl (C=O) groups is 1. The molecular weight excluding hydrogens is 242 g/mol. The highest BCUT2D eigenvalue weighted by Gasteiger charge is 2.30. The normalized spacial score (nSPS) is 20.2. The number of esters is 1. The van der Waals surface area contributed by atoms with Gasteiger partial charge in [0.05, 0.1) is 12.4 Å². The molecule has 0 radical (unpaired) electrons. The van der Waals surface area contributed by atoms with E-state index in [9.17, 15) is 13.2 Å². The summed E-state index contributed by atoms with van der Waals surface area (Å²) in [6.45, 7) is 0.275. The predicted octanol–water partition coefficient (Wildman–Crippen LogP) is 0.421. The molecule has 0 bridgehead atoms. The van der Waals surface area contributed by atoms with E-state index < -0.39 is 22.0 Å². The van der Waals surface area contributed by atoms with Crippen molar-refractivity contribution in [2.45, 2.75) is 18.2 Å². The largest absolute Gasteiger partial charge is 0.464 e. The lowest BCUT2D eigenvalue weighted by atomic mass is 10.2. The maximum absolute atomic E-state index is 11.8. The van der Waals surface area contributed by atoms with Crippen LogP contribution in [0.5, 0.6) is 0 Å². The van der Waals surface area contributed by atoms with Crippen molar-refractivity contribution in [3.05, 3.63) is 35.9 Å². The van der Waals surface area contributed by atoms with Gasteiger partial charge in [-0.3, -0.25) is 4.79 Å². The smallest absolute Gasteiger partial charge is 0.324 e. The Kier molecular flexibility index (Phi) is 3.44. The molecule has 1 saturated heterocycles. The first kappa shape index (κ1) is 12.1. The number of rotatable bonds is 4. The van der Waals surface area contributed by atoms with E-state index in [1.54, 1.807) is 24.3 Å². The first-order valence-electron chi connectivity index (χ1n) is 5.27. The van der Waals surface area contributed by atoms with E-state index >= 15 is 0 Å². The van der Waals surface area contributed by atoms with Crippen LogP contribution in [-0.4, -0.2) is 27.0 Å². The van der Waals surface area contributed by atoms with Crippen molar-refractivity contribution < 1.29 is 17.9 Å². The van der Waals surface area contributed by atoms with Crippen LogP contribution in [0.1, 0.15) is 12.0 Å². The second kappa shape index (κ2) is 4.85. The van der Waals surface area contributed by atoms with E-state index in [4.69, 9.17) is 4.74 Å². The molecule has 0 aromatic heterocycles. The van der Waals surface area contributed by atoms with Gasteiger partial charge in [0, 0.05) is 6.42 Å². The van der Waals surface area contributed by atoms with Crippen LogP contribution in [0.2, 0.25) is 0 Å². The molecule has 1 fully saturated rings. The number of hydrogen-bond donors (Lipinski definition) is 1. The van der Waals surface area contributed by atoms with Gasteiger partial charge in [0.15, 0.2) is 0 Å².